The number of rotatable bonds is 3. The lowest BCUT2D eigenvalue weighted by Crippen LogP contribution is -2.43. The molecule has 1 saturated carbocycles. The van der Waals surface area contributed by atoms with Crippen molar-refractivity contribution >= 4 is 0 Å². The van der Waals surface area contributed by atoms with Crippen molar-refractivity contribution in [2.24, 2.45) is 0 Å². The van der Waals surface area contributed by atoms with E-state index in [-0.39, 0.29) is 11.5 Å². The van der Waals surface area contributed by atoms with E-state index in [0.29, 0.717) is 6.04 Å². The molecular weight excluding hydrogens is 210 g/mol. The molecule has 1 N–H and O–H groups in total. The number of hydrogen-bond acceptors (Lipinski definition) is 2. The van der Waals surface area contributed by atoms with Gasteiger partial charge in [-0.2, -0.15) is 0 Å². The minimum atomic E-state index is -0.197. The summed E-state index contributed by atoms with van der Waals surface area (Å²) in [5.74, 6) is 0. The zero-order chi connectivity index (χ0) is 11.9. The van der Waals surface area contributed by atoms with Gasteiger partial charge in [0.1, 0.15) is 0 Å². The normalized spacial score (nSPS) is 29.2. The van der Waals surface area contributed by atoms with E-state index in [9.17, 15) is 5.11 Å². The zero-order valence-electron chi connectivity index (χ0n) is 10.5. The van der Waals surface area contributed by atoms with Gasteiger partial charge < -0.3 is 10.0 Å². The predicted molar refractivity (Wildman–Crippen MR) is 69.0 cm³/mol. The molecule has 0 radical (unpaired) electrons. The fraction of sp³-hybridized carbons (Fsp3) is 0.600. The van der Waals surface area contributed by atoms with Gasteiger partial charge in [0.25, 0.3) is 0 Å². The van der Waals surface area contributed by atoms with Crippen LogP contribution in [0.1, 0.15) is 31.2 Å². The van der Waals surface area contributed by atoms with Gasteiger partial charge in [-0.25, -0.2) is 0 Å². The topological polar surface area (TPSA) is 23.5 Å². The molecule has 3 rings (SSSR count). The van der Waals surface area contributed by atoms with Gasteiger partial charge in [-0.1, -0.05) is 30.3 Å². The molecule has 0 aromatic heterocycles. The molecule has 1 saturated heterocycles. The molecule has 1 aromatic rings. The molecule has 2 aliphatic rings. The summed E-state index contributed by atoms with van der Waals surface area (Å²) in [7, 11) is 2.14. The molecule has 0 amide bonds. The van der Waals surface area contributed by atoms with Gasteiger partial charge in [-0.15, -0.1) is 0 Å². The Morgan fingerprint density at radius 1 is 1.29 bits per heavy atom. The van der Waals surface area contributed by atoms with Crippen LogP contribution in [0.5, 0.6) is 0 Å². The Balaban J connectivity index is 1.84. The molecule has 92 valence electrons. The highest BCUT2D eigenvalue weighted by Crippen LogP contribution is 2.52. The quantitative estimate of drug-likeness (QED) is 0.862. The number of likely N-dealkylation sites (tertiary alicyclic amines) is 1. The lowest BCUT2D eigenvalue weighted by molar-refractivity contribution is 0.0535. The Hall–Kier alpha value is -0.860. The van der Waals surface area contributed by atoms with Crippen molar-refractivity contribution < 1.29 is 5.11 Å². The highest BCUT2D eigenvalue weighted by atomic mass is 16.3. The molecular formula is C15H21NO. The number of aliphatic hydroxyl groups is 1. The van der Waals surface area contributed by atoms with Gasteiger partial charge in [0.15, 0.2) is 0 Å². The third kappa shape index (κ3) is 1.80. The van der Waals surface area contributed by atoms with Crippen molar-refractivity contribution in [3.8, 4) is 0 Å². The van der Waals surface area contributed by atoms with Crippen LogP contribution in [0.2, 0.25) is 0 Å². The summed E-state index contributed by atoms with van der Waals surface area (Å²) in [6.45, 7) is 1.13. The van der Waals surface area contributed by atoms with E-state index in [0.717, 1.165) is 25.8 Å². The monoisotopic (exact) mass is 231 g/mol. The minimum absolute atomic E-state index is 0.0600. The second kappa shape index (κ2) is 4.11. The summed E-state index contributed by atoms with van der Waals surface area (Å²) in [6.07, 6.45) is 4.46. The fourth-order valence-corrected chi connectivity index (χ4v) is 3.36. The molecule has 2 fully saturated rings. The van der Waals surface area contributed by atoms with Crippen LogP contribution in [-0.2, 0) is 5.41 Å². The molecule has 1 heterocycles. The molecule has 0 unspecified atom stereocenters. The van der Waals surface area contributed by atoms with Gasteiger partial charge in [0.05, 0.1) is 6.10 Å². The smallest absolute Gasteiger partial charge is 0.0791 e. The molecule has 0 spiro atoms. The maximum absolute atomic E-state index is 10.7. The van der Waals surface area contributed by atoms with E-state index in [2.05, 4.69) is 36.2 Å². The van der Waals surface area contributed by atoms with E-state index in [1.54, 1.807) is 0 Å². The highest BCUT2D eigenvalue weighted by Gasteiger charge is 2.53. The largest absolute Gasteiger partial charge is 0.391 e. The van der Waals surface area contributed by atoms with Crippen molar-refractivity contribution in [3.05, 3.63) is 35.9 Å². The summed E-state index contributed by atoms with van der Waals surface area (Å²) in [6, 6.07) is 10.9. The van der Waals surface area contributed by atoms with Crippen molar-refractivity contribution in [2.45, 2.75) is 43.2 Å². The molecule has 1 aromatic carbocycles. The van der Waals surface area contributed by atoms with E-state index < -0.39 is 0 Å². The predicted octanol–water partition coefficient (Wildman–Crippen LogP) is 2.17. The Kier molecular flexibility index (Phi) is 2.72. The fourth-order valence-electron chi connectivity index (χ4n) is 3.36. The molecule has 2 heteroatoms. The first kappa shape index (κ1) is 11.2. The van der Waals surface area contributed by atoms with E-state index in [1.807, 2.05) is 6.07 Å². The Morgan fingerprint density at radius 3 is 2.53 bits per heavy atom. The second-order valence-electron chi connectivity index (χ2n) is 5.66. The van der Waals surface area contributed by atoms with Crippen LogP contribution in [0.25, 0.3) is 0 Å². The van der Waals surface area contributed by atoms with Gasteiger partial charge in [-0.3, -0.25) is 0 Å². The molecule has 2 nitrogen and oxygen atoms in total. The van der Waals surface area contributed by atoms with E-state index in [4.69, 9.17) is 0 Å². The summed E-state index contributed by atoms with van der Waals surface area (Å²) >= 11 is 0. The highest BCUT2D eigenvalue weighted by molar-refractivity contribution is 5.33. The summed E-state index contributed by atoms with van der Waals surface area (Å²) < 4.78 is 0. The second-order valence-corrected chi connectivity index (χ2v) is 5.66. The summed E-state index contributed by atoms with van der Waals surface area (Å²) in [5.41, 5.74) is 1.39. The van der Waals surface area contributed by atoms with Crippen LogP contribution in [0.15, 0.2) is 30.3 Å². The number of nitrogens with zero attached hydrogens (tertiary/aromatic N) is 1. The lowest BCUT2D eigenvalue weighted by Gasteiger charge is -2.32. The standard InChI is InChI=1S/C15H21NO/c1-16-11-5-8-13(16)14(17)15(9-10-15)12-6-3-2-4-7-12/h2-4,6-7,13-14,17H,5,8-11H2,1H3/t13-,14-/m0/s1. The molecule has 17 heavy (non-hydrogen) atoms. The maximum Gasteiger partial charge on any atom is 0.0791 e. The first-order valence-electron chi connectivity index (χ1n) is 6.68. The molecule has 2 atom stereocenters. The van der Waals surface area contributed by atoms with Gasteiger partial charge in [-0.05, 0) is 44.8 Å². The van der Waals surface area contributed by atoms with Gasteiger partial charge in [0.2, 0.25) is 0 Å². The minimum Gasteiger partial charge on any atom is -0.391 e. The third-order valence-electron chi connectivity index (χ3n) is 4.64. The van der Waals surface area contributed by atoms with Crippen molar-refractivity contribution in [1.82, 2.24) is 4.90 Å². The average Bonchev–Trinajstić information content (AvgIpc) is 3.07. The van der Waals surface area contributed by atoms with Crippen molar-refractivity contribution in [3.63, 3.8) is 0 Å². The summed E-state index contributed by atoms with van der Waals surface area (Å²) in [4.78, 5) is 2.33. The van der Waals surface area contributed by atoms with Crippen LogP contribution in [-0.4, -0.2) is 35.7 Å². The van der Waals surface area contributed by atoms with Crippen molar-refractivity contribution in [1.29, 1.82) is 0 Å². The Labute approximate surface area is 103 Å². The summed E-state index contributed by atoms with van der Waals surface area (Å²) in [5, 5.41) is 10.7. The van der Waals surface area contributed by atoms with Crippen LogP contribution in [0.3, 0.4) is 0 Å². The number of likely N-dealkylation sites (N-methyl/N-ethyl adjacent to an activating group) is 1. The van der Waals surface area contributed by atoms with Crippen LogP contribution in [0.4, 0.5) is 0 Å². The number of hydrogen-bond donors (Lipinski definition) is 1. The molecule has 0 bridgehead atoms. The first-order valence-corrected chi connectivity index (χ1v) is 6.68. The SMILES string of the molecule is CN1CCC[C@H]1[C@H](O)C1(c2ccccc2)CC1. The van der Waals surface area contributed by atoms with Gasteiger partial charge in [0, 0.05) is 11.5 Å². The first-order chi connectivity index (χ1) is 8.24. The van der Waals surface area contributed by atoms with Crippen LogP contribution >= 0.6 is 0 Å². The van der Waals surface area contributed by atoms with E-state index in [1.165, 1.54) is 12.0 Å². The van der Waals surface area contributed by atoms with Crippen LogP contribution in [0, 0.1) is 0 Å². The third-order valence-corrected chi connectivity index (χ3v) is 4.64. The lowest BCUT2D eigenvalue weighted by atomic mass is 9.85. The van der Waals surface area contributed by atoms with Crippen molar-refractivity contribution in [2.75, 3.05) is 13.6 Å². The van der Waals surface area contributed by atoms with Gasteiger partial charge >= 0.3 is 0 Å². The molecule has 1 aliphatic heterocycles. The van der Waals surface area contributed by atoms with E-state index >= 15 is 0 Å². The zero-order valence-corrected chi connectivity index (χ0v) is 10.5. The average molecular weight is 231 g/mol. The maximum atomic E-state index is 10.7. The molecule has 1 aliphatic carbocycles. The van der Waals surface area contributed by atoms with Crippen LogP contribution < -0.4 is 0 Å². The number of aliphatic hydroxyl groups excluding tert-OH is 1. The Bertz CT molecular complexity index is 385. The Morgan fingerprint density at radius 2 is 2.00 bits per heavy atom. The number of benzene rings is 1.